The van der Waals surface area contributed by atoms with Gasteiger partial charge in [-0.05, 0) is 140 Å². The number of hydrogen-bond donors (Lipinski definition) is 0. The predicted octanol–water partition coefficient (Wildman–Crippen LogP) is 17.0. The lowest BCUT2D eigenvalue weighted by Gasteiger charge is -2.51. The Morgan fingerprint density at radius 2 is 0.859 bits per heavy atom. The summed E-state index contributed by atoms with van der Waals surface area (Å²) >= 11 is 0. The van der Waals surface area contributed by atoms with Gasteiger partial charge in [-0.15, -0.1) is 0 Å². The second-order valence-electron chi connectivity index (χ2n) is 21.2. The van der Waals surface area contributed by atoms with Crippen molar-refractivity contribution in [3.8, 4) is 11.1 Å². The first-order chi connectivity index (χ1) is 30.6. The lowest BCUT2D eigenvalue weighted by Crippen LogP contribution is -2.63. The van der Waals surface area contributed by atoms with Gasteiger partial charge in [-0.2, -0.15) is 0 Å². The maximum Gasteiger partial charge on any atom is 0.0775 e. The quantitative estimate of drug-likeness (QED) is 0.105. The Balaban J connectivity index is 1.23. The van der Waals surface area contributed by atoms with Crippen LogP contribution in [0.15, 0.2) is 182 Å². The van der Waals surface area contributed by atoms with E-state index >= 15 is 0 Å². The van der Waals surface area contributed by atoms with Gasteiger partial charge in [-0.1, -0.05) is 173 Å². The van der Waals surface area contributed by atoms with Crippen LogP contribution in [0.5, 0.6) is 0 Å². The molecule has 9 aromatic carbocycles. The van der Waals surface area contributed by atoms with E-state index in [-0.39, 0.29) is 4.66 Å². The van der Waals surface area contributed by atoms with Gasteiger partial charge in [-0.25, -0.2) is 0 Å². The van der Waals surface area contributed by atoms with E-state index in [2.05, 4.69) is 258 Å². The molecule has 0 saturated heterocycles. The molecule has 5 heteroatoms. The topological polar surface area (TPSA) is 6.48 Å². The molecule has 0 fully saturated rings. The van der Waals surface area contributed by atoms with Crippen LogP contribution in [0.3, 0.4) is 0 Å². The summed E-state index contributed by atoms with van der Waals surface area (Å²) in [6.07, 6.45) is 0. The van der Waals surface area contributed by atoms with E-state index in [1.165, 1.54) is 76.9 Å². The Morgan fingerprint density at radius 1 is 0.375 bits per heavy atom. The highest BCUT2D eigenvalue weighted by molar-refractivity contribution is 7.00. The van der Waals surface area contributed by atoms with Gasteiger partial charge in [-0.3, -0.25) is 0 Å². The van der Waals surface area contributed by atoms with Crippen molar-refractivity contribution in [3.05, 3.63) is 199 Å². The van der Waals surface area contributed by atoms with Crippen LogP contribution in [-0.4, -0.2) is 24.2 Å². The third-order valence-corrected chi connectivity index (χ3v) is 26.2. The fraction of sp³-hybridized carbons (Fsp3) is 0.186. The number of nitrogens with zero attached hydrogens (tertiary/aromatic N) is 2. The molecule has 0 bridgehead atoms. The van der Waals surface area contributed by atoms with Crippen molar-refractivity contribution in [2.24, 2.45) is 0 Å². The van der Waals surface area contributed by atoms with E-state index < -0.39 is 24.2 Å². The molecule has 1 aliphatic rings. The van der Waals surface area contributed by atoms with Crippen molar-refractivity contribution in [3.63, 3.8) is 0 Å². The van der Waals surface area contributed by atoms with Gasteiger partial charge < -0.3 is 9.80 Å². The Morgan fingerprint density at radius 3 is 1.42 bits per heavy atom. The fourth-order valence-electron chi connectivity index (χ4n) is 11.6. The molecule has 9 aromatic rings. The van der Waals surface area contributed by atoms with Crippen molar-refractivity contribution >= 4 is 95.9 Å². The van der Waals surface area contributed by atoms with Crippen molar-refractivity contribution < 1.29 is 0 Å². The van der Waals surface area contributed by atoms with Crippen molar-refractivity contribution in [2.75, 3.05) is 9.80 Å². The van der Waals surface area contributed by atoms with Crippen LogP contribution in [-0.2, 0) is 4.66 Å². The highest BCUT2D eigenvalue weighted by atomic mass is 28.4. The lowest BCUT2D eigenvalue weighted by atomic mass is 9.90. The molecule has 0 unspecified atom stereocenters. The number of benzene rings is 9. The minimum absolute atomic E-state index is 0.0689. The van der Waals surface area contributed by atoms with E-state index in [0.29, 0.717) is 0 Å². The molecule has 0 saturated carbocycles. The first kappa shape index (κ1) is 42.0. The highest BCUT2D eigenvalue weighted by Crippen LogP contribution is 2.62. The molecule has 0 N–H and O–H groups in total. The SMILES string of the molecule is Cc1ccc(N(c2ccccc2)c2ccc3c4c(c5ccccc5c3c2)-c2cc3ccc(N(c5ccccc5)c5ccc([Si](C)(C)C)cc5)cc3cc2C4([Si](C)(C)C)[Si](C)(C)C)cc1. The highest BCUT2D eigenvalue weighted by Gasteiger charge is 2.60. The van der Waals surface area contributed by atoms with Gasteiger partial charge in [0.05, 0.1) is 24.2 Å². The van der Waals surface area contributed by atoms with Crippen LogP contribution in [0.4, 0.5) is 34.1 Å². The minimum atomic E-state index is -2.07. The fourth-order valence-corrected chi connectivity index (χ4v) is 25.8. The number of fused-ring (bicyclic) bond motifs is 9. The summed E-state index contributed by atoms with van der Waals surface area (Å²) in [4.78, 5) is 4.86. The third-order valence-electron chi connectivity index (χ3n) is 14.1. The first-order valence-corrected chi connectivity index (χ1v) is 33.5. The zero-order valence-corrected chi connectivity index (χ0v) is 42.2. The number of aryl methyl sites for hydroxylation is 1. The maximum atomic E-state index is 2.65. The summed E-state index contributed by atoms with van der Waals surface area (Å²) in [5.41, 5.74) is 14.3. The predicted molar refractivity (Wildman–Crippen MR) is 289 cm³/mol. The average Bonchev–Trinajstić information content (AvgIpc) is 3.59. The van der Waals surface area contributed by atoms with Gasteiger partial charge >= 0.3 is 0 Å². The first-order valence-electron chi connectivity index (χ1n) is 23.0. The van der Waals surface area contributed by atoms with Crippen LogP contribution in [0, 0.1) is 6.92 Å². The van der Waals surface area contributed by atoms with E-state index in [0.717, 1.165) is 11.4 Å². The molecule has 0 amide bonds. The van der Waals surface area contributed by atoms with Crippen LogP contribution in [0.2, 0.25) is 58.9 Å². The monoisotopic (exact) mass is 880 g/mol. The summed E-state index contributed by atoms with van der Waals surface area (Å²) in [5, 5.41) is 9.47. The molecule has 0 heterocycles. The zero-order chi connectivity index (χ0) is 44.8. The molecule has 2 nitrogen and oxygen atoms in total. The van der Waals surface area contributed by atoms with Gasteiger partial charge in [0.15, 0.2) is 0 Å². The van der Waals surface area contributed by atoms with E-state index in [9.17, 15) is 0 Å². The largest absolute Gasteiger partial charge is 0.310 e. The van der Waals surface area contributed by atoms with E-state index in [4.69, 9.17) is 0 Å². The van der Waals surface area contributed by atoms with E-state index in [1.807, 2.05) is 0 Å². The molecule has 1 aliphatic carbocycles. The molecule has 0 atom stereocenters. The standard InChI is InChI=1S/C59H60N2Si3/c1-41-25-28-46(29-26-41)61(45-21-15-12-16-22-45)49-33-36-53-54(40-49)51-23-17-18-24-52(51)57-55-38-42-27-30-48(37-43(42)39-56(55)59(58(53)57,63(5,6)7)64(8,9)10)60(44-19-13-11-14-20-44)47-31-34-50(35-32-47)62(2,3)4/h11-40H,1-10H3. The van der Waals surface area contributed by atoms with Crippen LogP contribution in [0.1, 0.15) is 16.7 Å². The average molecular weight is 881 g/mol. The molecule has 10 rings (SSSR count). The minimum Gasteiger partial charge on any atom is -0.310 e. The normalized spacial score (nSPS) is 13.6. The lowest BCUT2D eigenvalue weighted by molar-refractivity contribution is 0.965. The second kappa shape index (κ2) is 15.3. The number of rotatable bonds is 9. The zero-order valence-electron chi connectivity index (χ0n) is 39.2. The summed E-state index contributed by atoms with van der Waals surface area (Å²) in [6, 6.07) is 69.1. The van der Waals surface area contributed by atoms with Crippen LogP contribution < -0.4 is 15.0 Å². The van der Waals surface area contributed by atoms with Crippen molar-refractivity contribution in [2.45, 2.75) is 70.5 Å². The smallest absolute Gasteiger partial charge is 0.0775 e. The Kier molecular flexibility index (Phi) is 10.1. The molecular formula is C59H60N2Si3. The Hall–Kier alpha value is -5.99. The number of anilines is 6. The summed E-state index contributed by atoms with van der Waals surface area (Å²) in [6.45, 7) is 25.3. The summed E-state index contributed by atoms with van der Waals surface area (Å²) in [7, 11) is -5.59. The molecule has 318 valence electrons. The van der Waals surface area contributed by atoms with Gasteiger partial charge in [0.25, 0.3) is 0 Å². The summed E-state index contributed by atoms with van der Waals surface area (Å²) < 4.78 is -0.0689. The molecule has 0 radical (unpaired) electrons. The van der Waals surface area contributed by atoms with Crippen LogP contribution in [0.25, 0.3) is 43.4 Å². The Labute approximate surface area is 383 Å². The summed E-state index contributed by atoms with van der Waals surface area (Å²) in [5.74, 6) is 0. The van der Waals surface area contributed by atoms with Crippen LogP contribution >= 0.6 is 0 Å². The van der Waals surface area contributed by atoms with Gasteiger partial charge in [0.2, 0.25) is 0 Å². The van der Waals surface area contributed by atoms with Gasteiger partial charge in [0.1, 0.15) is 0 Å². The van der Waals surface area contributed by atoms with Crippen molar-refractivity contribution in [1.82, 2.24) is 0 Å². The number of para-hydroxylation sites is 2. The molecular weight excluding hydrogens is 821 g/mol. The molecule has 64 heavy (non-hydrogen) atoms. The van der Waals surface area contributed by atoms with Gasteiger partial charge in [0, 0.05) is 38.8 Å². The maximum absolute atomic E-state index is 2.65. The molecule has 0 spiro atoms. The second-order valence-corrected chi connectivity index (χ2v) is 37.3. The molecule has 0 aromatic heterocycles. The van der Waals surface area contributed by atoms with Crippen molar-refractivity contribution in [1.29, 1.82) is 0 Å². The Bertz CT molecular complexity index is 3200. The number of hydrogen-bond acceptors (Lipinski definition) is 2. The molecule has 0 aliphatic heterocycles. The third kappa shape index (κ3) is 6.70. The van der Waals surface area contributed by atoms with E-state index in [1.54, 1.807) is 11.1 Å².